The molecular formula is C10H13O2. The zero-order valence-electron chi connectivity index (χ0n) is 7.21. The van der Waals surface area contributed by atoms with Crippen molar-refractivity contribution in [3.05, 3.63) is 29.8 Å². The number of aliphatic hydroxyl groups is 1. The zero-order chi connectivity index (χ0) is 8.81. The maximum atomic E-state index is 8.51. The third-order valence-electron chi connectivity index (χ3n) is 1.47. The van der Waals surface area contributed by atoms with E-state index in [2.05, 4.69) is 6.07 Å². The van der Waals surface area contributed by atoms with Crippen molar-refractivity contribution in [2.75, 3.05) is 13.2 Å². The largest absolute Gasteiger partial charge is 0.493 e. The summed E-state index contributed by atoms with van der Waals surface area (Å²) in [6.07, 6.45) is 0.668. The molecule has 0 atom stereocenters. The fourth-order valence-electron chi connectivity index (χ4n) is 0.888. The van der Waals surface area contributed by atoms with Gasteiger partial charge in [-0.2, -0.15) is 0 Å². The van der Waals surface area contributed by atoms with Gasteiger partial charge in [-0.15, -0.1) is 0 Å². The van der Waals surface area contributed by atoms with Crippen molar-refractivity contribution in [3.63, 3.8) is 0 Å². The lowest BCUT2D eigenvalue weighted by molar-refractivity contribution is 0.233. The second-order valence-electron chi connectivity index (χ2n) is 2.62. The molecule has 1 N–H and O–H groups in total. The number of hydrogen-bond donors (Lipinski definition) is 1. The van der Waals surface area contributed by atoms with Crippen LogP contribution in [-0.2, 0) is 0 Å². The summed E-state index contributed by atoms with van der Waals surface area (Å²) in [4.78, 5) is 0. The lowest BCUT2D eigenvalue weighted by Gasteiger charge is -2.04. The Morgan fingerprint density at radius 2 is 2.33 bits per heavy atom. The summed E-state index contributed by atoms with van der Waals surface area (Å²) in [6, 6.07) is 8.83. The first-order valence-electron chi connectivity index (χ1n) is 4.05. The third-order valence-corrected chi connectivity index (χ3v) is 1.47. The lowest BCUT2D eigenvalue weighted by Crippen LogP contribution is -1.99. The highest BCUT2D eigenvalue weighted by Gasteiger charge is 1.92. The lowest BCUT2D eigenvalue weighted by atomic mass is 10.2. The van der Waals surface area contributed by atoms with Gasteiger partial charge in [0, 0.05) is 19.1 Å². The van der Waals surface area contributed by atoms with E-state index in [0.717, 1.165) is 11.3 Å². The van der Waals surface area contributed by atoms with Gasteiger partial charge in [0.05, 0.1) is 6.61 Å². The second-order valence-corrected chi connectivity index (χ2v) is 2.62. The minimum Gasteiger partial charge on any atom is -0.493 e. The van der Waals surface area contributed by atoms with E-state index in [9.17, 15) is 0 Å². The number of hydrogen-bond acceptors (Lipinski definition) is 2. The van der Waals surface area contributed by atoms with Crippen LogP contribution in [0.15, 0.2) is 18.2 Å². The Kier molecular flexibility index (Phi) is 3.61. The van der Waals surface area contributed by atoms with Crippen molar-refractivity contribution in [3.8, 4) is 5.75 Å². The van der Waals surface area contributed by atoms with Crippen LogP contribution in [0, 0.1) is 13.0 Å². The fraction of sp³-hybridized carbons (Fsp3) is 0.400. The van der Waals surface area contributed by atoms with Crippen LogP contribution in [-0.4, -0.2) is 18.3 Å². The van der Waals surface area contributed by atoms with E-state index in [1.165, 1.54) is 0 Å². The van der Waals surface area contributed by atoms with Crippen LogP contribution >= 0.6 is 0 Å². The number of aliphatic hydroxyl groups excluding tert-OH is 1. The van der Waals surface area contributed by atoms with Crippen molar-refractivity contribution in [2.45, 2.75) is 13.3 Å². The number of aryl methyl sites for hydroxylation is 1. The first kappa shape index (κ1) is 9.07. The van der Waals surface area contributed by atoms with E-state index in [0.29, 0.717) is 13.0 Å². The van der Waals surface area contributed by atoms with E-state index >= 15 is 0 Å². The number of rotatable bonds is 4. The molecule has 65 valence electrons. The Morgan fingerprint density at radius 1 is 1.50 bits per heavy atom. The quantitative estimate of drug-likeness (QED) is 0.686. The summed E-state index contributed by atoms with van der Waals surface area (Å²) in [5, 5.41) is 8.51. The van der Waals surface area contributed by atoms with Crippen molar-refractivity contribution in [1.29, 1.82) is 0 Å². The minimum absolute atomic E-state index is 0.172. The molecule has 0 aliphatic carbocycles. The van der Waals surface area contributed by atoms with Crippen LogP contribution < -0.4 is 4.74 Å². The molecule has 2 heteroatoms. The van der Waals surface area contributed by atoms with E-state index in [-0.39, 0.29) is 6.61 Å². The molecule has 0 amide bonds. The molecule has 0 saturated carbocycles. The third kappa shape index (κ3) is 2.93. The van der Waals surface area contributed by atoms with E-state index < -0.39 is 0 Å². The average Bonchev–Trinajstić information content (AvgIpc) is 2.05. The molecule has 0 aliphatic rings. The maximum absolute atomic E-state index is 8.51. The summed E-state index contributed by atoms with van der Waals surface area (Å²) in [5.74, 6) is 0.753. The van der Waals surface area contributed by atoms with Crippen molar-refractivity contribution >= 4 is 0 Å². The van der Waals surface area contributed by atoms with Gasteiger partial charge in [-0.1, -0.05) is 12.1 Å². The molecule has 0 bridgehead atoms. The second kappa shape index (κ2) is 4.78. The Bertz CT molecular complexity index is 233. The maximum Gasteiger partial charge on any atom is 0.127 e. The highest BCUT2D eigenvalue weighted by Crippen LogP contribution is 2.10. The SMILES string of the molecule is Cc1[c]c(OCCCO)ccc1. The molecule has 0 unspecified atom stereocenters. The van der Waals surface area contributed by atoms with Gasteiger partial charge in [-0.05, 0) is 18.6 Å². The molecule has 0 aromatic heterocycles. The van der Waals surface area contributed by atoms with Crippen LogP contribution in [0.3, 0.4) is 0 Å². The summed E-state index contributed by atoms with van der Waals surface area (Å²) >= 11 is 0. The molecule has 0 fully saturated rings. The first-order chi connectivity index (χ1) is 5.83. The van der Waals surface area contributed by atoms with Gasteiger partial charge in [0.15, 0.2) is 0 Å². The molecule has 1 aromatic rings. The summed E-state index contributed by atoms with van der Waals surface area (Å²) < 4.78 is 5.31. The van der Waals surface area contributed by atoms with E-state index in [1.807, 2.05) is 25.1 Å². The highest BCUT2D eigenvalue weighted by atomic mass is 16.5. The Hall–Kier alpha value is -1.02. The van der Waals surface area contributed by atoms with Gasteiger partial charge in [0.1, 0.15) is 5.75 Å². The standard InChI is InChI=1S/C10H13O2/c1-9-4-2-5-10(8-9)12-7-3-6-11/h2,4-5,11H,3,6-7H2,1H3. The molecule has 1 radical (unpaired) electrons. The first-order valence-corrected chi connectivity index (χ1v) is 4.05. The summed E-state index contributed by atoms with van der Waals surface area (Å²) in [5.41, 5.74) is 1.07. The Labute approximate surface area is 72.8 Å². The van der Waals surface area contributed by atoms with Crippen LogP contribution in [0.1, 0.15) is 12.0 Å². The van der Waals surface area contributed by atoms with Gasteiger partial charge >= 0.3 is 0 Å². The predicted octanol–water partition coefficient (Wildman–Crippen LogP) is 1.56. The normalized spacial score (nSPS) is 9.83. The number of benzene rings is 1. The van der Waals surface area contributed by atoms with Crippen LogP contribution in [0.4, 0.5) is 0 Å². The molecule has 1 aromatic carbocycles. The molecule has 0 saturated heterocycles. The van der Waals surface area contributed by atoms with E-state index in [4.69, 9.17) is 9.84 Å². The fourth-order valence-corrected chi connectivity index (χ4v) is 0.888. The van der Waals surface area contributed by atoms with Gasteiger partial charge < -0.3 is 9.84 Å². The molecule has 1 rings (SSSR count). The molecule has 2 nitrogen and oxygen atoms in total. The average molecular weight is 165 g/mol. The summed E-state index contributed by atoms with van der Waals surface area (Å²) in [6.45, 7) is 2.70. The molecule has 0 aliphatic heterocycles. The van der Waals surface area contributed by atoms with E-state index in [1.54, 1.807) is 0 Å². The Balaban J connectivity index is 2.41. The zero-order valence-corrected chi connectivity index (χ0v) is 7.21. The van der Waals surface area contributed by atoms with Crippen LogP contribution in [0.5, 0.6) is 5.75 Å². The van der Waals surface area contributed by atoms with Crippen LogP contribution in [0.2, 0.25) is 0 Å². The van der Waals surface area contributed by atoms with Crippen molar-refractivity contribution in [1.82, 2.24) is 0 Å². The van der Waals surface area contributed by atoms with Gasteiger partial charge in [-0.25, -0.2) is 0 Å². The Morgan fingerprint density at radius 3 is 3.00 bits per heavy atom. The summed E-state index contributed by atoms with van der Waals surface area (Å²) in [7, 11) is 0. The van der Waals surface area contributed by atoms with Gasteiger partial charge in [0.25, 0.3) is 0 Å². The van der Waals surface area contributed by atoms with Crippen molar-refractivity contribution < 1.29 is 9.84 Å². The van der Waals surface area contributed by atoms with Gasteiger partial charge in [0.2, 0.25) is 0 Å². The topological polar surface area (TPSA) is 29.5 Å². The molecular weight excluding hydrogens is 152 g/mol. The predicted molar refractivity (Wildman–Crippen MR) is 47.2 cm³/mol. The smallest absolute Gasteiger partial charge is 0.127 e. The monoisotopic (exact) mass is 165 g/mol. The van der Waals surface area contributed by atoms with Gasteiger partial charge in [-0.3, -0.25) is 0 Å². The minimum atomic E-state index is 0.172. The highest BCUT2D eigenvalue weighted by molar-refractivity contribution is 5.25. The molecule has 0 spiro atoms. The van der Waals surface area contributed by atoms with Crippen molar-refractivity contribution in [2.24, 2.45) is 0 Å². The number of ether oxygens (including phenoxy) is 1. The van der Waals surface area contributed by atoms with Crippen LogP contribution in [0.25, 0.3) is 0 Å². The molecule has 0 heterocycles. The molecule has 12 heavy (non-hydrogen) atoms.